The number of carbonyl (C=O) groups is 2. The van der Waals surface area contributed by atoms with E-state index in [-0.39, 0.29) is 16.6 Å². The van der Waals surface area contributed by atoms with E-state index < -0.39 is 29.7 Å². The molecule has 0 spiro atoms. The van der Waals surface area contributed by atoms with Crippen molar-refractivity contribution in [3.8, 4) is 0 Å². The lowest BCUT2D eigenvalue weighted by molar-refractivity contribution is -0.147. The zero-order valence-electron chi connectivity index (χ0n) is 15.9. The first-order chi connectivity index (χ1) is 13.9. The number of hydrogen-bond donors (Lipinski definition) is 1. The summed E-state index contributed by atoms with van der Waals surface area (Å²) in [6.07, 6.45) is 2.05. The summed E-state index contributed by atoms with van der Waals surface area (Å²) >= 11 is 0. The first-order valence-electron chi connectivity index (χ1n) is 9.51. The number of aromatic nitrogens is 2. The number of esters is 1. The summed E-state index contributed by atoms with van der Waals surface area (Å²) in [6, 6.07) is 11.9. The van der Waals surface area contributed by atoms with Gasteiger partial charge < -0.3 is 4.74 Å². The summed E-state index contributed by atoms with van der Waals surface area (Å²) in [5.41, 5.74) is 1.94. The molecule has 0 radical (unpaired) electrons. The van der Waals surface area contributed by atoms with E-state index in [1.165, 1.54) is 24.6 Å². The predicted molar refractivity (Wildman–Crippen MR) is 107 cm³/mol. The van der Waals surface area contributed by atoms with E-state index in [1.54, 1.807) is 18.2 Å². The number of aromatic amines is 1. The molecule has 1 aliphatic rings. The summed E-state index contributed by atoms with van der Waals surface area (Å²) in [6.45, 7) is 1.01. The Balaban J connectivity index is 1.49. The number of carbonyl (C=O) groups excluding carboxylic acids is 2. The maximum absolute atomic E-state index is 12.6. The van der Waals surface area contributed by atoms with Crippen LogP contribution in [0.25, 0.3) is 10.8 Å². The van der Waals surface area contributed by atoms with Crippen LogP contribution in [-0.4, -0.2) is 27.6 Å². The molecule has 7 heteroatoms. The predicted octanol–water partition coefficient (Wildman–Crippen LogP) is 1.99. The molecule has 148 valence electrons. The van der Waals surface area contributed by atoms with Gasteiger partial charge in [-0.3, -0.25) is 24.3 Å². The highest BCUT2D eigenvalue weighted by Crippen LogP contribution is 2.23. The van der Waals surface area contributed by atoms with Crippen molar-refractivity contribution >= 4 is 22.5 Å². The molecule has 1 aliphatic carbocycles. The van der Waals surface area contributed by atoms with Gasteiger partial charge in [0.2, 0.25) is 5.78 Å². The fourth-order valence-corrected chi connectivity index (χ4v) is 3.73. The van der Waals surface area contributed by atoms with Gasteiger partial charge in [-0.1, -0.05) is 24.3 Å². The molecule has 29 heavy (non-hydrogen) atoms. The van der Waals surface area contributed by atoms with Crippen molar-refractivity contribution in [1.82, 2.24) is 9.78 Å². The third-order valence-corrected chi connectivity index (χ3v) is 5.23. The number of hydrogen-bond acceptors (Lipinski definition) is 5. The number of aryl methyl sites for hydroxylation is 2. The van der Waals surface area contributed by atoms with Crippen LogP contribution < -0.4 is 11.1 Å². The Bertz CT molecular complexity index is 1240. The molecular formula is C22H20N2O5. The van der Waals surface area contributed by atoms with Gasteiger partial charge in [-0.05, 0) is 55.5 Å². The molecule has 1 N–H and O–H groups in total. The van der Waals surface area contributed by atoms with Crippen LogP contribution in [0.4, 0.5) is 0 Å². The molecule has 0 aliphatic heterocycles. The fourth-order valence-electron chi connectivity index (χ4n) is 3.73. The standard InChI is InChI=1S/C22H20N2O5/c1-13(20(26)16-10-9-14-5-4-6-15(14)11-16)29-19(25)12-24-22(28)18-8-3-2-7-17(18)21(27)23-24/h2-3,7-11,13H,4-6,12H2,1H3,(H,23,27). The minimum Gasteiger partial charge on any atom is -0.453 e. The third kappa shape index (κ3) is 3.63. The van der Waals surface area contributed by atoms with E-state index in [1.807, 2.05) is 12.1 Å². The van der Waals surface area contributed by atoms with Crippen LogP contribution in [0.3, 0.4) is 0 Å². The number of ketones is 1. The van der Waals surface area contributed by atoms with E-state index in [9.17, 15) is 19.2 Å². The summed E-state index contributed by atoms with van der Waals surface area (Å²) in [5.74, 6) is -1.08. The van der Waals surface area contributed by atoms with E-state index in [0.29, 0.717) is 5.56 Å². The van der Waals surface area contributed by atoms with Gasteiger partial charge in [0.15, 0.2) is 6.10 Å². The van der Waals surface area contributed by atoms with E-state index in [2.05, 4.69) is 5.10 Å². The lowest BCUT2D eigenvalue weighted by atomic mass is 10.0. The minimum atomic E-state index is -0.996. The van der Waals surface area contributed by atoms with Crippen molar-refractivity contribution in [2.24, 2.45) is 0 Å². The topological polar surface area (TPSA) is 98.2 Å². The van der Waals surface area contributed by atoms with Gasteiger partial charge in [0.1, 0.15) is 6.54 Å². The van der Waals surface area contributed by atoms with Crippen molar-refractivity contribution in [3.05, 3.63) is 79.9 Å². The van der Waals surface area contributed by atoms with Crippen LogP contribution in [0.15, 0.2) is 52.1 Å². The molecule has 0 saturated carbocycles. The van der Waals surface area contributed by atoms with Gasteiger partial charge in [-0.15, -0.1) is 0 Å². The number of ether oxygens (including phenoxy) is 1. The molecule has 0 saturated heterocycles. The third-order valence-electron chi connectivity index (χ3n) is 5.23. The Morgan fingerprint density at radius 3 is 2.59 bits per heavy atom. The lowest BCUT2D eigenvalue weighted by Gasteiger charge is -2.14. The summed E-state index contributed by atoms with van der Waals surface area (Å²) in [5, 5.41) is 2.84. The highest BCUT2D eigenvalue weighted by Gasteiger charge is 2.22. The van der Waals surface area contributed by atoms with E-state index >= 15 is 0 Å². The monoisotopic (exact) mass is 392 g/mol. The molecular weight excluding hydrogens is 372 g/mol. The average molecular weight is 392 g/mol. The summed E-state index contributed by atoms with van der Waals surface area (Å²) < 4.78 is 6.13. The molecule has 0 bridgehead atoms. The Kier molecular flexibility index (Phi) is 4.88. The summed E-state index contributed by atoms with van der Waals surface area (Å²) in [7, 11) is 0. The van der Waals surface area contributed by atoms with E-state index in [4.69, 9.17) is 4.74 Å². The zero-order chi connectivity index (χ0) is 20.5. The number of fused-ring (bicyclic) bond motifs is 2. The van der Waals surface area contributed by atoms with Crippen LogP contribution in [-0.2, 0) is 28.9 Å². The molecule has 7 nitrogen and oxygen atoms in total. The zero-order valence-corrected chi connectivity index (χ0v) is 15.9. The van der Waals surface area contributed by atoms with Crippen molar-refractivity contribution in [1.29, 1.82) is 0 Å². The van der Waals surface area contributed by atoms with Crippen molar-refractivity contribution < 1.29 is 14.3 Å². The van der Waals surface area contributed by atoms with Gasteiger partial charge >= 0.3 is 5.97 Å². The Morgan fingerprint density at radius 2 is 1.79 bits per heavy atom. The maximum atomic E-state index is 12.6. The second-order valence-corrected chi connectivity index (χ2v) is 7.21. The van der Waals surface area contributed by atoms with Crippen LogP contribution in [0, 0.1) is 0 Å². The highest BCUT2D eigenvalue weighted by atomic mass is 16.5. The van der Waals surface area contributed by atoms with Crippen molar-refractivity contribution in [2.75, 3.05) is 0 Å². The number of rotatable bonds is 5. The lowest BCUT2D eigenvalue weighted by Crippen LogP contribution is -2.34. The maximum Gasteiger partial charge on any atom is 0.328 e. The van der Waals surface area contributed by atoms with Crippen LogP contribution in [0.2, 0.25) is 0 Å². The van der Waals surface area contributed by atoms with E-state index in [0.717, 1.165) is 29.5 Å². The molecule has 1 heterocycles. The quantitative estimate of drug-likeness (QED) is 0.529. The van der Waals surface area contributed by atoms with Crippen molar-refractivity contribution in [2.45, 2.75) is 38.8 Å². The van der Waals surface area contributed by atoms with Gasteiger partial charge in [0.05, 0.1) is 10.8 Å². The average Bonchev–Trinajstić information content (AvgIpc) is 3.19. The second-order valence-electron chi connectivity index (χ2n) is 7.21. The molecule has 2 aromatic carbocycles. The van der Waals surface area contributed by atoms with Crippen LogP contribution in [0.5, 0.6) is 0 Å². The van der Waals surface area contributed by atoms with Gasteiger partial charge in [0.25, 0.3) is 11.1 Å². The molecule has 3 aromatic rings. The Hall–Kier alpha value is -3.48. The Morgan fingerprint density at radius 1 is 1.07 bits per heavy atom. The summed E-state index contributed by atoms with van der Waals surface area (Å²) in [4.78, 5) is 49.5. The van der Waals surface area contributed by atoms with Crippen molar-refractivity contribution in [3.63, 3.8) is 0 Å². The first kappa shape index (κ1) is 18.9. The minimum absolute atomic E-state index is 0.214. The highest BCUT2D eigenvalue weighted by molar-refractivity contribution is 6.00. The first-order valence-corrected chi connectivity index (χ1v) is 9.51. The molecule has 4 rings (SSSR count). The SMILES string of the molecule is CC(OC(=O)Cn1[nH]c(=O)c2ccccc2c1=O)C(=O)c1ccc2c(c1)CCC2. The smallest absolute Gasteiger partial charge is 0.328 e. The molecule has 1 atom stereocenters. The fraction of sp³-hybridized carbons (Fsp3) is 0.273. The van der Waals surface area contributed by atoms with Gasteiger partial charge in [0, 0.05) is 5.56 Å². The van der Waals surface area contributed by atoms with Crippen LogP contribution >= 0.6 is 0 Å². The van der Waals surface area contributed by atoms with Gasteiger partial charge in [-0.25, -0.2) is 4.68 Å². The number of H-pyrrole nitrogens is 1. The normalized spacial score (nSPS) is 13.8. The molecule has 0 fully saturated rings. The van der Waals surface area contributed by atoms with Crippen LogP contribution in [0.1, 0.15) is 34.8 Å². The van der Waals surface area contributed by atoms with Gasteiger partial charge in [-0.2, -0.15) is 0 Å². The number of benzene rings is 2. The number of nitrogens with one attached hydrogen (secondary N) is 1. The second kappa shape index (κ2) is 7.50. The molecule has 1 aromatic heterocycles. The molecule has 1 unspecified atom stereocenters. The number of Topliss-reactive ketones (excluding diaryl/α,β-unsaturated/α-hetero) is 1. The largest absolute Gasteiger partial charge is 0.453 e. The Labute approximate surface area is 165 Å². The molecule has 0 amide bonds. The number of nitrogens with zero attached hydrogens (tertiary/aromatic N) is 1.